The number of nitrogens with zero attached hydrogens (tertiary/aromatic N) is 1. The molecule has 2 N–H and O–H groups in total. The third kappa shape index (κ3) is 4.76. The Kier molecular flexibility index (Phi) is 6.45. The van der Waals surface area contributed by atoms with Gasteiger partial charge in [0.25, 0.3) is 10.0 Å². The number of hydrogen-bond donors (Lipinski definition) is 2. The van der Waals surface area contributed by atoms with E-state index in [0.717, 1.165) is 25.3 Å². The number of hydrogen-bond acceptors (Lipinski definition) is 5. The predicted octanol–water partition coefficient (Wildman–Crippen LogP) is 3.29. The Hall–Kier alpha value is -2.43. The molecule has 0 aromatic heterocycles. The highest BCUT2D eigenvalue weighted by Crippen LogP contribution is 2.28. The second kappa shape index (κ2) is 8.60. The molecule has 1 saturated heterocycles. The van der Waals surface area contributed by atoms with E-state index in [1.165, 1.54) is 22.5 Å². The zero-order valence-electron chi connectivity index (χ0n) is 17.7. The van der Waals surface area contributed by atoms with Gasteiger partial charge in [0.05, 0.1) is 21.0 Å². The number of carbonyl (C=O) groups is 1. The van der Waals surface area contributed by atoms with Crippen molar-refractivity contribution in [2.24, 2.45) is 0 Å². The van der Waals surface area contributed by atoms with E-state index in [-0.39, 0.29) is 21.0 Å². The lowest BCUT2D eigenvalue weighted by molar-refractivity contribution is 0.0696. The van der Waals surface area contributed by atoms with Gasteiger partial charge in [-0.2, -0.15) is 4.31 Å². The molecule has 0 amide bonds. The first-order valence-corrected chi connectivity index (χ1v) is 12.8. The maximum atomic E-state index is 13.1. The second-order valence-corrected chi connectivity index (χ2v) is 11.4. The van der Waals surface area contributed by atoms with Crippen LogP contribution < -0.4 is 4.72 Å². The van der Waals surface area contributed by atoms with Crippen LogP contribution in [-0.2, 0) is 20.0 Å². The number of aromatic carboxylic acids is 1. The highest BCUT2D eigenvalue weighted by Gasteiger charge is 2.27. The SMILES string of the molecule is Cc1ccc(S(=O)(=O)N2CCCCC2)cc1NS(=O)(=O)c1cc(C(=O)O)cc(C)c1C. The fourth-order valence-corrected chi connectivity index (χ4v) is 6.56. The molecule has 1 aliphatic heterocycles. The van der Waals surface area contributed by atoms with Crippen molar-refractivity contribution < 1.29 is 26.7 Å². The normalized spacial score (nSPS) is 15.6. The van der Waals surface area contributed by atoms with Crippen LogP contribution in [0.15, 0.2) is 40.1 Å². The highest BCUT2D eigenvalue weighted by atomic mass is 32.2. The fourth-order valence-electron chi connectivity index (χ4n) is 3.56. The summed E-state index contributed by atoms with van der Waals surface area (Å²) in [7, 11) is -7.89. The van der Waals surface area contributed by atoms with Crippen LogP contribution in [0, 0.1) is 20.8 Å². The number of nitrogens with one attached hydrogen (secondary N) is 1. The molecule has 8 nitrogen and oxygen atoms in total. The van der Waals surface area contributed by atoms with E-state index in [0.29, 0.717) is 29.8 Å². The van der Waals surface area contributed by atoms with Gasteiger partial charge in [-0.25, -0.2) is 21.6 Å². The molecule has 0 aliphatic carbocycles. The van der Waals surface area contributed by atoms with Gasteiger partial charge in [-0.3, -0.25) is 4.72 Å². The van der Waals surface area contributed by atoms with E-state index in [1.807, 2.05) is 0 Å². The average Bonchev–Trinajstić information content (AvgIpc) is 2.71. The molecule has 3 rings (SSSR count). The van der Waals surface area contributed by atoms with Gasteiger partial charge in [-0.05, 0) is 74.6 Å². The monoisotopic (exact) mass is 466 g/mol. The number of rotatable bonds is 6. The van der Waals surface area contributed by atoms with Crippen molar-refractivity contribution in [2.45, 2.75) is 49.8 Å². The molecule has 0 atom stereocenters. The first-order valence-electron chi connectivity index (χ1n) is 9.91. The summed E-state index contributed by atoms with van der Waals surface area (Å²) < 4.78 is 56.0. The van der Waals surface area contributed by atoms with Gasteiger partial charge < -0.3 is 5.11 Å². The molecule has 168 valence electrons. The largest absolute Gasteiger partial charge is 0.478 e. The minimum Gasteiger partial charge on any atom is -0.478 e. The molecule has 1 aliphatic rings. The summed E-state index contributed by atoms with van der Waals surface area (Å²) in [5.74, 6) is -1.23. The molecule has 1 fully saturated rings. The Balaban J connectivity index is 2.01. The maximum absolute atomic E-state index is 13.1. The number of carboxylic acids is 1. The van der Waals surface area contributed by atoms with E-state index in [1.54, 1.807) is 26.8 Å². The van der Waals surface area contributed by atoms with Crippen molar-refractivity contribution in [3.63, 3.8) is 0 Å². The molecule has 0 radical (unpaired) electrons. The maximum Gasteiger partial charge on any atom is 0.335 e. The smallest absolute Gasteiger partial charge is 0.335 e. The highest BCUT2D eigenvalue weighted by molar-refractivity contribution is 7.92. The molecule has 0 bridgehead atoms. The number of carboxylic acid groups (broad SMARTS) is 1. The Bertz CT molecular complexity index is 1230. The van der Waals surface area contributed by atoms with Gasteiger partial charge in [-0.15, -0.1) is 0 Å². The van der Waals surface area contributed by atoms with Crippen LogP contribution in [0.4, 0.5) is 5.69 Å². The number of sulfonamides is 2. The number of benzene rings is 2. The van der Waals surface area contributed by atoms with Crippen molar-refractivity contribution in [3.05, 3.63) is 52.6 Å². The topological polar surface area (TPSA) is 121 Å². The van der Waals surface area contributed by atoms with E-state index in [9.17, 15) is 26.7 Å². The minimum absolute atomic E-state index is 0.0184. The van der Waals surface area contributed by atoms with Crippen molar-refractivity contribution >= 4 is 31.7 Å². The minimum atomic E-state index is -4.15. The van der Waals surface area contributed by atoms with Crippen LogP contribution in [-0.4, -0.2) is 45.3 Å². The number of aryl methyl sites for hydroxylation is 2. The average molecular weight is 467 g/mol. The van der Waals surface area contributed by atoms with Gasteiger partial charge in [0.1, 0.15) is 0 Å². The second-order valence-electron chi connectivity index (χ2n) is 7.77. The van der Waals surface area contributed by atoms with Gasteiger partial charge in [-0.1, -0.05) is 12.5 Å². The fraction of sp³-hybridized carbons (Fsp3) is 0.381. The van der Waals surface area contributed by atoms with Gasteiger partial charge in [0, 0.05) is 13.1 Å². The third-order valence-corrected chi connectivity index (χ3v) is 8.95. The standard InChI is InChI=1S/C21H26N2O6S2/c1-14-7-8-18(31(28,29)23-9-5-4-6-10-23)13-19(14)22-30(26,27)20-12-17(21(24)25)11-15(2)16(20)3/h7-8,11-13,22H,4-6,9-10H2,1-3H3,(H,24,25). The van der Waals surface area contributed by atoms with Crippen LogP contribution in [0.1, 0.15) is 46.3 Å². The summed E-state index contributed by atoms with van der Waals surface area (Å²) in [5.41, 5.74) is 1.49. The van der Waals surface area contributed by atoms with Crippen molar-refractivity contribution in [3.8, 4) is 0 Å². The quantitative estimate of drug-likeness (QED) is 0.674. The molecule has 1 heterocycles. The molecule has 0 unspecified atom stereocenters. The van der Waals surface area contributed by atoms with Crippen LogP contribution in [0.25, 0.3) is 0 Å². The summed E-state index contributed by atoms with van der Waals surface area (Å²) >= 11 is 0. The van der Waals surface area contributed by atoms with Crippen LogP contribution in [0.3, 0.4) is 0 Å². The number of anilines is 1. The Labute approximate surface area is 183 Å². The van der Waals surface area contributed by atoms with Gasteiger partial charge in [0.2, 0.25) is 10.0 Å². The summed E-state index contributed by atoms with van der Waals surface area (Å²) in [6.07, 6.45) is 2.57. The molecular formula is C21H26N2O6S2. The van der Waals surface area contributed by atoms with Crippen molar-refractivity contribution in [1.29, 1.82) is 0 Å². The molecule has 2 aromatic carbocycles. The molecular weight excluding hydrogens is 440 g/mol. The van der Waals surface area contributed by atoms with E-state index < -0.39 is 26.0 Å². The van der Waals surface area contributed by atoms with Crippen molar-refractivity contribution in [2.75, 3.05) is 17.8 Å². The third-order valence-electron chi connectivity index (χ3n) is 5.56. The molecule has 31 heavy (non-hydrogen) atoms. The Morgan fingerprint density at radius 3 is 2.19 bits per heavy atom. The Morgan fingerprint density at radius 2 is 1.58 bits per heavy atom. The zero-order valence-corrected chi connectivity index (χ0v) is 19.3. The van der Waals surface area contributed by atoms with E-state index in [4.69, 9.17) is 0 Å². The lowest BCUT2D eigenvalue weighted by Gasteiger charge is -2.26. The number of piperidine rings is 1. The Morgan fingerprint density at radius 1 is 0.935 bits per heavy atom. The summed E-state index contributed by atoms with van der Waals surface area (Å²) in [4.78, 5) is 11.2. The zero-order chi connectivity index (χ0) is 23.0. The van der Waals surface area contributed by atoms with Crippen LogP contribution >= 0.6 is 0 Å². The molecule has 0 spiro atoms. The summed E-state index contributed by atoms with van der Waals surface area (Å²) in [6, 6.07) is 6.86. The molecule has 10 heteroatoms. The van der Waals surface area contributed by atoms with Crippen molar-refractivity contribution in [1.82, 2.24) is 4.31 Å². The van der Waals surface area contributed by atoms with Crippen LogP contribution in [0.2, 0.25) is 0 Å². The first kappa shape index (κ1) is 23.2. The molecule has 2 aromatic rings. The van der Waals surface area contributed by atoms with E-state index >= 15 is 0 Å². The van der Waals surface area contributed by atoms with Gasteiger partial charge >= 0.3 is 5.97 Å². The van der Waals surface area contributed by atoms with Gasteiger partial charge in [0.15, 0.2) is 0 Å². The summed E-state index contributed by atoms with van der Waals surface area (Å²) in [6.45, 7) is 5.79. The molecule has 0 saturated carbocycles. The lowest BCUT2D eigenvalue weighted by Crippen LogP contribution is -2.35. The van der Waals surface area contributed by atoms with E-state index in [2.05, 4.69) is 4.72 Å². The predicted molar refractivity (Wildman–Crippen MR) is 117 cm³/mol. The first-order chi connectivity index (χ1) is 14.4. The lowest BCUT2D eigenvalue weighted by atomic mass is 10.1. The summed E-state index contributed by atoms with van der Waals surface area (Å²) in [5, 5.41) is 9.29. The van der Waals surface area contributed by atoms with Crippen LogP contribution in [0.5, 0.6) is 0 Å².